The molecule has 1 saturated carbocycles. The monoisotopic (exact) mass is 548 g/mol. The molecular weight excluding hydrogens is 511 g/mol. The van der Waals surface area contributed by atoms with Gasteiger partial charge in [0.05, 0.1) is 0 Å². The number of halogens is 2. The first kappa shape index (κ1) is 28.2. The normalized spacial score (nSPS) is 26.7. The Kier molecular flexibility index (Phi) is 10.5. The van der Waals surface area contributed by atoms with Crippen LogP contribution in [0.3, 0.4) is 0 Å². The molecule has 0 radical (unpaired) electrons. The molecule has 6 heteroatoms. The molecule has 0 amide bonds. The average Bonchev–Trinajstić information content (AvgIpc) is 3.24. The number of fused-ring (bicyclic) bond motifs is 2. The SMILES string of the molecule is CCC1CC2C(c3cccc4ccccc34)=CC=CC2C1[Si](C)(C)N1CC[N-]CC1.[CH3-].[Cl][Ti][Cl]. The van der Waals surface area contributed by atoms with Crippen LogP contribution in [0.25, 0.3) is 21.7 Å². The standard InChI is InChI=1S/C27H35N2Si.CH3.2ClH.Ti/c1-4-20-19-26-24(23-12-7-10-21-9-5-6-11-22(21)23)13-8-14-25(26)27(20)30(2,3)29-17-15-28-16-18-29;;;;/h5-14,20,25-27H,4,15-19H2,1-3H3;1H3;2*1H;/q2*-1;;;+2/p-2. The van der Waals surface area contributed by atoms with E-state index in [2.05, 4.69) is 90.6 Å². The van der Waals surface area contributed by atoms with Crippen molar-refractivity contribution in [3.05, 3.63) is 79.0 Å². The summed E-state index contributed by atoms with van der Waals surface area (Å²) in [6.45, 7) is 12.2. The Bertz CT molecular complexity index is 998. The molecule has 2 aromatic rings. The van der Waals surface area contributed by atoms with E-state index in [-0.39, 0.29) is 7.43 Å². The molecule has 3 aliphatic rings. The molecule has 0 bridgehead atoms. The predicted molar refractivity (Wildman–Crippen MR) is 150 cm³/mol. The van der Waals surface area contributed by atoms with Crippen LogP contribution in [0.5, 0.6) is 0 Å². The summed E-state index contributed by atoms with van der Waals surface area (Å²) < 4.78 is 2.87. The quantitative estimate of drug-likeness (QED) is 0.276. The fourth-order valence-electron chi connectivity index (χ4n) is 6.82. The van der Waals surface area contributed by atoms with Gasteiger partial charge in [0.1, 0.15) is 8.24 Å². The van der Waals surface area contributed by atoms with Gasteiger partial charge in [0.25, 0.3) is 0 Å². The van der Waals surface area contributed by atoms with Crippen LogP contribution in [0.15, 0.2) is 60.7 Å². The molecule has 4 unspecified atom stereocenters. The Morgan fingerprint density at radius 2 is 1.74 bits per heavy atom. The van der Waals surface area contributed by atoms with Crippen LogP contribution >= 0.6 is 18.6 Å². The Morgan fingerprint density at radius 3 is 2.44 bits per heavy atom. The topological polar surface area (TPSA) is 17.3 Å². The molecule has 2 fully saturated rings. The molecule has 0 spiro atoms. The third kappa shape index (κ3) is 5.62. The van der Waals surface area contributed by atoms with Crippen molar-refractivity contribution in [2.75, 3.05) is 26.2 Å². The van der Waals surface area contributed by atoms with Crippen LogP contribution in [-0.2, 0) is 17.0 Å². The molecule has 2 nitrogen and oxygen atoms in total. The van der Waals surface area contributed by atoms with Crippen molar-refractivity contribution in [1.82, 2.24) is 4.57 Å². The summed E-state index contributed by atoms with van der Waals surface area (Å²) >= 11 is -0.556. The first-order chi connectivity index (χ1) is 16.0. The van der Waals surface area contributed by atoms with E-state index < -0.39 is 25.3 Å². The van der Waals surface area contributed by atoms with Crippen LogP contribution in [0, 0.1) is 25.2 Å². The van der Waals surface area contributed by atoms with Gasteiger partial charge in [-0.2, -0.15) is 0 Å². The van der Waals surface area contributed by atoms with Gasteiger partial charge in [-0.1, -0.05) is 87.1 Å². The average molecular weight is 549 g/mol. The summed E-state index contributed by atoms with van der Waals surface area (Å²) in [7, 11) is 8.23. The van der Waals surface area contributed by atoms with Crippen LogP contribution in [0.1, 0.15) is 25.3 Å². The summed E-state index contributed by atoms with van der Waals surface area (Å²) in [5, 5.41) is 7.39. The Morgan fingerprint density at radius 1 is 1.06 bits per heavy atom. The van der Waals surface area contributed by atoms with Gasteiger partial charge in [-0.15, -0.1) is 13.1 Å². The van der Waals surface area contributed by atoms with Gasteiger partial charge >= 0.3 is 35.6 Å². The fourth-order valence-corrected chi connectivity index (χ4v) is 11.4. The van der Waals surface area contributed by atoms with Crippen LogP contribution in [-0.4, -0.2) is 39.0 Å². The third-order valence-electron chi connectivity index (χ3n) is 8.26. The number of hydrogen-bond donors (Lipinski definition) is 0. The number of allylic oxidation sites excluding steroid dienone is 4. The van der Waals surface area contributed by atoms with Crippen LogP contribution in [0.4, 0.5) is 0 Å². The molecule has 1 saturated heterocycles. The Labute approximate surface area is 224 Å². The molecule has 0 aromatic heterocycles. The van der Waals surface area contributed by atoms with Gasteiger partial charge in [0.15, 0.2) is 0 Å². The van der Waals surface area contributed by atoms with Crippen molar-refractivity contribution < 1.29 is 17.0 Å². The van der Waals surface area contributed by atoms with Crippen molar-refractivity contribution in [1.29, 1.82) is 0 Å². The van der Waals surface area contributed by atoms with E-state index in [1.54, 1.807) is 5.57 Å². The summed E-state index contributed by atoms with van der Waals surface area (Å²) in [6, 6.07) is 15.7. The third-order valence-corrected chi connectivity index (χ3v) is 12.8. The van der Waals surface area contributed by atoms with Crippen molar-refractivity contribution in [2.24, 2.45) is 17.8 Å². The Hall–Kier alpha value is -0.389. The molecule has 2 aromatic carbocycles. The minimum absolute atomic E-state index is 0. The van der Waals surface area contributed by atoms with E-state index in [4.69, 9.17) is 18.6 Å². The molecule has 4 atom stereocenters. The number of piperazine rings is 1. The maximum atomic E-state index is 4.89. The van der Waals surface area contributed by atoms with Gasteiger partial charge in [-0.3, -0.25) is 0 Å². The number of rotatable bonds is 4. The molecule has 2 aliphatic carbocycles. The van der Waals surface area contributed by atoms with Gasteiger partial charge in [0.2, 0.25) is 0 Å². The van der Waals surface area contributed by atoms with E-state index in [1.165, 1.54) is 42.3 Å². The second kappa shape index (κ2) is 12.7. The number of benzene rings is 2. The van der Waals surface area contributed by atoms with Crippen LogP contribution < -0.4 is 0 Å². The molecular formula is C28H38Cl2N2SiTi-2. The second-order valence-electron chi connectivity index (χ2n) is 10.0. The van der Waals surface area contributed by atoms with Crippen molar-refractivity contribution in [2.45, 2.75) is 38.4 Å². The van der Waals surface area contributed by atoms with Gasteiger partial charge in [0, 0.05) is 0 Å². The predicted octanol–water partition coefficient (Wildman–Crippen LogP) is 8.55. The summed E-state index contributed by atoms with van der Waals surface area (Å²) in [6.07, 6.45) is 10.0. The van der Waals surface area contributed by atoms with Crippen molar-refractivity contribution in [3.8, 4) is 0 Å². The van der Waals surface area contributed by atoms with E-state index in [0.29, 0.717) is 11.8 Å². The molecule has 0 N–H and O–H groups in total. The number of nitrogens with zero attached hydrogens (tertiary/aromatic N) is 2. The molecule has 34 heavy (non-hydrogen) atoms. The van der Waals surface area contributed by atoms with E-state index in [0.717, 1.165) is 24.5 Å². The minimum atomic E-state index is -1.55. The maximum absolute atomic E-state index is 4.89. The first-order valence-corrected chi connectivity index (χ1v) is 19.6. The number of hydrogen-bond acceptors (Lipinski definition) is 1. The zero-order valence-electron chi connectivity index (χ0n) is 21.0. The molecule has 5 rings (SSSR count). The molecule has 1 heterocycles. The van der Waals surface area contributed by atoms with E-state index in [1.807, 2.05) is 0 Å². The van der Waals surface area contributed by atoms with Crippen molar-refractivity contribution in [3.63, 3.8) is 0 Å². The summed E-state index contributed by atoms with van der Waals surface area (Å²) in [4.78, 5) is 0. The fraction of sp³-hybridized carbons (Fsp3) is 0.464. The van der Waals surface area contributed by atoms with Gasteiger partial charge in [-0.25, -0.2) is 0 Å². The first-order valence-electron chi connectivity index (χ1n) is 12.2. The zero-order chi connectivity index (χ0) is 23.4. The van der Waals surface area contributed by atoms with Gasteiger partial charge < -0.3 is 17.3 Å². The van der Waals surface area contributed by atoms with Crippen LogP contribution in [0.2, 0.25) is 18.6 Å². The Balaban J connectivity index is 0.000000771. The van der Waals surface area contributed by atoms with E-state index >= 15 is 0 Å². The molecule has 1 aliphatic heterocycles. The summed E-state index contributed by atoms with van der Waals surface area (Å²) in [5.41, 5.74) is 3.87. The second-order valence-corrected chi connectivity index (χ2v) is 17.2. The zero-order valence-corrected chi connectivity index (χ0v) is 25.0. The summed E-state index contributed by atoms with van der Waals surface area (Å²) in [5.74, 6) is 2.19. The van der Waals surface area contributed by atoms with Crippen molar-refractivity contribution >= 4 is 43.2 Å². The van der Waals surface area contributed by atoms with E-state index in [9.17, 15) is 0 Å². The van der Waals surface area contributed by atoms with Gasteiger partial charge in [-0.05, 0) is 64.7 Å². The molecule has 184 valence electrons.